The molecule has 1 heterocycles. The van der Waals surface area contributed by atoms with E-state index in [-0.39, 0.29) is 12.5 Å². The van der Waals surface area contributed by atoms with Gasteiger partial charge in [0.15, 0.2) is 11.7 Å². The molecule has 1 amide bonds. The van der Waals surface area contributed by atoms with Crippen molar-refractivity contribution in [3.63, 3.8) is 0 Å². The van der Waals surface area contributed by atoms with E-state index in [9.17, 15) is 4.79 Å². The molecule has 1 N–H and O–H groups in total. The third-order valence-electron chi connectivity index (χ3n) is 2.79. The third kappa shape index (κ3) is 3.50. The van der Waals surface area contributed by atoms with Crippen LogP contribution in [0.4, 0.5) is 5.13 Å². The van der Waals surface area contributed by atoms with Gasteiger partial charge in [-0.25, -0.2) is 4.98 Å². The van der Waals surface area contributed by atoms with Gasteiger partial charge in [-0.05, 0) is 30.3 Å². The number of rotatable bonds is 4. The lowest BCUT2D eigenvalue weighted by atomic mass is 10.3. The summed E-state index contributed by atoms with van der Waals surface area (Å²) in [7, 11) is 0. The first-order chi connectivity index (χ1) is 10.6. The summed E-state index contributed by atoms with van der Waals surface area (Å²) in [6.45, 7) is -0.155. The average Bonchev–Trinajstić information content (AvgIpc) is 2.88. The van der Waals surface area contributed by atoms with Crippen LogP contribution in [0.3, 0.4) is 0 Å². The van der Waals surface area contributed by atoms with Gasteiger partial charge in [-0.2, -0.15) is 0 Å². The van der Waals surface area contributed by atoms with Crippen LogP contribution < -0.4 is 10.1 Å². The number of hydrogen-bond donors (Lipinski definition) is 1. The molecule has 3 aromatic rings. The minimum absolute atomic E-state index is 0.155. The van der Waals surface area contributed by atoms with Crippen molar-refractivity contribution in [1.82, 2.24) is 4.98 Å². The number of para-hydroxylation sites is 1. The summed E-state index contributed by atoms with van der Waals surface area (Å²) in [6, 6.07) is 12.5. The van der Waals surface area contributed by atoms with E-state index >= 15 is 0 Å². The predicted molar refractivity (Wildman–Crippen MR) is 90.2 cm³/mol. The molecule has 2 aromatic carbocycles. The van der Waals surface area contributed by atoms with Gasteiger partial charge in [0, 0.05) is 5.02 Å². The van der Waals surface area contributed by atoms with Gasteiger partial charge in [0.05, 0.1) is 15.2 Å². The van der Waals surface area contributed by atoms with E-state index in [0.717, 1.165) is 10.2 Å². The fourth-order valence-corrected chi connectivity index (χ4v) is 3.16. The maximum absolute atomic E-state index is 11.9. The number of ether oxygens (including phenoxy) is 1. The normalized spacial score (nSPS) is 10.6. The van der Waals surface area contributed by atoms with Crippen LogP contribution in [-0.4, -0.2) is 17.5 Å². The SMILES string of the molecule is O=C(COc1ccc(Cl)cc1Cl)Nc1nc2ccccc2s1. The number of hydrogen-bond acceptors (Lipinski definition) is 4. The number of nitrogens with zero attached hydrogens (tertiary/aromatic N) is 1. The molecule has 0 aliphatic rings. The molecule has 0 aliphatic carbocycles. The number of nitrogens with one attached hydrogen (secondary N) is 1. The molecule has 1 aromatic heterocycles. The van der Waals surface area contributed by atoms with E-state index in [0.29, 0.717) is 20.9 Å². The third-order valence-corrected chi connectivity index (χ3v) is 4.28. The fourth-order valence-electron chi connectivity index (χ4n) is 1.82. The second-order valence-corrected chi connectivity index (χ2v) is 6.27. The highest BCUT2D eigenvalue weighted by Gasteiger charge is 2.09. The number of carbonyl (C=O) groups is 1. The van der Waals surface area contributed by atoms with Crippen LogP contribution in [0.1, 0.15) is 0 Å². The topological polar surface area (TPSA) is 51.2 Å². The number of aromatic nitrogens is 1. The molecule has 0 radical (unpaired) electrons. The standard InChI is InChI=1S/C15H10Cl2N2O2S/c16-9-5-6-12(10(17)7-9)21-8-14(20)19-15-18-11-3-1-2-4-13(11)22-15/h1-7H,8H2,(H,18,19,20). The Morgan fingerprint density at radius 2 is 2.05 bits per heavy atom. The Kier molecular flexibility index (Phi) is 4.47. The van der Waals surface area contributed by atoms with Gasteiger partial charge in [-0.15, -0.1) is 0 Å². The number of fused-ring (bicyclic) bond motifs is 1. The summed E-state index contributed by atoms with van der Waals surface area (Å²) in [5, 5.41) is 4.12. The van der Waals surface area contributed by atoms with Crippen molar-refractivity contribution in [3.8, 4) is 5.75 Å². The molecule has 0 atom stereocenters. The van der Waals surface area contributed by atoms with E-state index in [1.807, 2.05) is 24.3 Å². The summed E-state index contributed by atoms with van der Waals surface area (Å²) in [6.07, 6.45) is 0. The largest absolute Gasteiger partial charge is 0.482 e. The Hall–Kier alpha value is -1.82. The number of carbonyl (C=O) groups excluding carboxylic acids is 1. The highest BCUT2D eigenvalue weighted by atomic mass is 35.5. The molecule has 0 unspecified atom stereocenters. The Balaban J connectivity index is 1.62. The van der Waals surface area contributed by atoms with Crippen molar-refractivity contribution in [2.45, 2.75) is 0 Å². The molecule has 0 fully saturated rings. The number of halogens is 2. The number of thiazole rings is 1. The first-order valence-electron chi connectivity index (χ1n) is 6.35. The quantitative estimate of drug-likeness (QED) is 0.745. The first kappa shape index (κ1) is 15.1. The molecule has 7 heteroatoms. The first-order valence-corrected chi connectivity index (χ1v) is 7.92. The molecule has 0 aliphatic heterocycles. The molecular weight excluding hydrogens is 343 g/mol. The van der Waals surface area contributed by atoms with Gasteiger partial charge < -0.3 is 4.74 Å². The van der Waals surface area contributed by atoms with Crippen LogP contribution in [0, 0.1) is 0 Å². The van der Waals surface area contributed by atoms with Crippen molar-refractivity contribution in [2.24, 2.45) is 0 Å². The van der Waals surface area contributed by atoms with Crippen molar-refractivity contribution in [3.05, 3.63) is 52.5 Å². The van der Waals surface area contributed by atoms with E-state index < -0.39 is 0 Å². The Bertz CT molecular complexity index is 802. The molecule has 0 spiro atoms. The van der Waals surface area contributed by atoms with E-state index in [1.54, 1.807) is 18.2 Å². The molecule has 0 saturated carbocycles. The van der Waals surface area contributed by atoms with Crippen LogP contribution in [-0.2, 0) is 4.79 Å². The summed E-state index contributed by atoms with van der Waals surface area (Å²) >= 11 is 13.2. The zero-order valence-electron chi connectivity index (χ0n) is 11.2. The molecular formula is C15H10Cl2N2O2S. The summed E-state index contributed by atoms with van der Waals surface area (Å²) in [4.78, 5) is 16.2. The Morgan fingerprint density at radius 3 is 2.82 bits per heavy atom. The predicted octanol–water partition coefficient (Wildman–Crippen LogP) is 4.62. The second kappa shape index (κ2) is 6.52. The molecule has 22 heavy (non-hydrogen) atoms. The summed E-state index contributed by atoms with van der Waals surface area (Å²) in [5.74, 6) is 0.107. The van der Waals surface area contributed by atoms with Gasteiger partial charge in [-0.3, -0.25) is 10.1 Å². The van der Waals surface area contributed by atoms with Crippen molar-refractivity contribution in [2.75, 3.05) is 11.9 Å². The van der Waals surface area contributed by atoms with Gasteiger partial charge in [-0.1, -0.05) is 46.7 Å². The van der Waals surface area contributed by atoms with Crippen LogP contribution >= 0.6 is 34.5 Å². The molecule has 0 bridgehead atoms. The van der Waals surface area contributed by atoms with Gasteiger partial charge >= 0.3 is 0 Å². The summed E-state index contributed by atoms with van der Waals surface area (Å²) in [5.41, 5.74) is 0.851. The van der Waals surface area contributed by atoms with Crippen LogP contribution in [0.5, 0.6) is 5.75 Å². The minimum atomic E-state index is -0.301. The van der Waals surface area contributed by atoms with E-state index in [1.165, 1.54) is 11.3 Å². The summed E-state index contributed by atoms with van der Waals surface area (Å²) < 4.78 is 6.39. The highest BCUT2D eigenvalue weighted by molar-refractivity contribution is 7.22. The monoisotopic (exact) mass is 352 g/mol. The molecule has 0 saturated heterocycles. The maximum atomic E-state index is 11.9. The van der Waals surface area contributed by atoms with Crippen molar-refractivity contribution < 1.29 is 9.53 Å². The Labute approximate surface area is 140 Å². The second-order valence-electron chi connectivity index (χ2n) is 4.40. The van der Waals surface area contributed by atoms with Gasteiger partial charge in [0.25, 0.3) is 5.91 Å². The lowest BCUT2D eigenvalue weighted by molar-refractivity contribution is -0.118. The van der Waals surface area contributed by atoms with Crippen LogP contribution in [0.25, 0.3) is 10.2 Å². The Morgan fingerprint density at radius 1 is 1.23 bits per heavy atom. The van der Waals surface area contributed by atoms with Gasteiger partial charge in [0.1, 0.15) is 5.75 Å². The average molecular weight is 353 g/mol. The van der Waals surface area contributed by atoms with Gasteiger partial charge in [0.2, 0.25) is 0 Å². The lowest BCUT2D eigenvalue weighted by Crippen LogP contribution is -2.20. The van der Waals surface area contributed by atoms with E-state index in [4.69, 9.17) is 27.9 Å². The molecule has 4 nitrogen and oxygen atoms in total. The fraction of sp³-hybridized carbons (Fsp3) is 0.0667. The van der Waals surface area contributed by atoms with E-state index in [2.05, 4.69) is 10.3 Å². The number of amides is 1. The number of benzene rings is 2. The highest BCUT2D eigenvalue weighted by Crippen LogP contribution is 2.28. The molecule has 3 rings (SSSR count). The molecule has 112 valence electrons. The lowest BCUT2D eigenvalue weighted by Gasteiger charge is -2.07. The maximum Gasteiger partial charge on any atom is 0.264 e. The van der Waals surface area contributed by atoms with Crippen molar-refractivity contribution >= 4 is 55.8 Å². The van der Waals surface area contributed by atoms with Crippen LogP contribution in [0.2, 0.25) is 10.0 Å². The minimum Gasteiger partial charge on any atom is -0.482 e. The van der Waals surface area contributed by atoms with Crippen LogP contribution in [0.15, 0.2) is 42.5 Å². The zero-order chi connectivity index (χ0) is 15.5. The van der Waals surface area contributed by atoms with Crippen molar-refractivity contribution in [1.29, 1.82) is 0 Å². The smallest absolute Gasteiger partial charge is 0.264 e. The number of anilines is 1. The zero-order valence-corrected chi connectivity index (χ0v) is 13.5.